The topological polar surface area (TPSA) is 32.7 Å². The van der Waals surface area contributed by atoms with Crippen LogP contribution in [0.1, 0.15) is 38.2 Å². The van der Waals surface area contributed by atoms with Gasteiger partial charge in [0, 0.05) is 13.0 Å². The van der Waals surface area contributed by atoms with Crippen LogP contribution >= 0.6 is 0 Å². The second kappa shape index (κ2) is 7.23. The molecule has 0 spiro atoms. The molecule has 1 aromatic rings. The van der Waals surface area contributed by atoms with Gasteiger partial charge in [-0.2, -0.15) is 0 Å². The van der Waals surface area contributed by atoms with Gasteiger partial charge in [-0.3, -0.25) is 0 Å². The molecule has 1 unspecified atom stereocenters. The zero-order chi connectivity index (χ0) is 15.3. The van der Waals surface area contributed by atoms with Gasteiger partial charge in [-0.05, 0) is 56.5 Å². The third kappa shape index (κ3) is 4.42. The predicted molar refractivity (Wildman–Crippen MR) is 82.2 cm³/mol. The van der Waals surface area contributed by atoms with E-state index in [0.29, 0.717) is 6.42 Å². The minimum absolute atomic E-state index is 0.251. The normalized spacial score (nSPS) is 23.8. The predicted octanol–water partition coefficient (Wildman–Crippen LogP) is 3.00. The van der Waals surface area contributed by atoms with Gasteiger partial charge in [0.2, 0.25) is 0 Å². The van der Waals surface area contributed by atoms with Gasteiger partial charge in [0.1, 0.15) is 0 Å². The maximum atomic E-state index is 13.8. The molecule has 0 aliphatic carbocycles. The van der Waals surface area contributed by atoms with Gasteiger partial charge >= 0.3 is 0 Å². The summed E-state index contributed by atoms with van der Waals surface area (Å²) in [5.41, 5.74) is 0.114. The maximum Gasteiger partial charge on any atom is 0.165 e. The van der Waals surface area contributed by atoms with Gasteiger partial charge in [0.15, 0.2) is 11.6 Å². The second-order valence-corrected chi connectivity index (χ2v) is 6.07. The van der Waals surface area contributed by atoms with E-state index in [1.807, 2.05) is 6.07 Å². The smallest absolute Gasteiger partial charge is 0.165 e. The van der Waals surface area contributed by atoms with E-state index in [9.17, 15) is 9.50 Å². The molecule has 1 aliphatic heterocycles. The number of nitrogens with zero attached hydrogens (tertiary/aromatic N) is 1. The van der Waals surface area contributed by atoms with Crippen LogP contribution in [0, 0.1) is 5.82 Å². The van der Waals surface area contributed by atoms with Crippen LogP contribution in [0.25, 0.3) is 0 Å². The van der Waals surface area contributed by atoms with E-state index in [2.05, 4.69) is 11.8 Å². The lowest BCUT2D eigenvalue weighted by Crippen LogP contribution is -2.33. The molecule has 1 N–H and O–H groups in total. The summed E-state index contributed by atoms with van der Waals surface area (Å²) in [6.45, 7) is 5.24. The van der Waals surface area contributed by atoms with E-state index in [1.165, 1.54) is 13.2 Å². The summed E-state index contributed by atoms with van der Waals surface area (Å²) in [7, 11) is 1.46. The van der Waals surface area contributed by atoms with Gasteiger partial charge in [0.25, 0.3) is 0 Å². The molecular weight excluding hydrogens is 269 g/mol. The minimum atomic E-state index is -0.719. The van der Waals surface area contributed by atoms with Crippen LogP contribution < -0.4 is 4.74 Å². The van der Waals surface area contributed by atoms with Crippen molar-refractivity contribution >= 4 is 0 Å². The highest BCUT2D eigenvalue weighted by atomic mass is 19.1. The standard InChI is InChI=1S/C17H26FNO2/c1-3-9-19-10-4-7-17(20,8-11-19)13-14-5-6-16(21-2)15(18)12-14/h5-6,12,20H,3-4,7-11,13H2,1-2H3. The van der Waals surface area contributed by atoms with Crippen LogP contribution in [-0.2, 0) is 6.42 Å². The molecule has 1 aliphatic rings. The lowest BCUT2D eigenvalue weighted by atomic mass is 9.88. The van der Waals surface area contributed by atoms with Gasteiger partial charge < -0.3 is 14.7 Å². The highest BCUT2D eigenvalue weighted by Gasteiger charge is 2.30. The first-order chi connectivity index (χ1) is 10.1. The highest BCUT2D eigenvalue weighted by Crippen LogP contribution is 2.28. The molecule has 3 nitrogen and oxygen atoms in total. The number of hydrogen-bond donors (Lipinski definition) is 1. The molecule has 1 heterocycles. The van der Waals surface area contributed by atoms with Crippen molar-refractivity contribution < 1.29 is 14.2 Å². The minimum Gasteiger partial charge on any atom is -0.494 e. The quantitative estimate of drug-likeness (QED) is 0.906. The summed E-state index contributed by atoms with van der Waals surface area (Å²) in [5, 5.41) is 10.8. The zero-order valence-electron chi connectivity index (χ0n) is 13.1. The second-order valence-electron chi connectivity index (χ2n) is 6.07. The molecule has 4 heteroatoms. The van der Waals surface area contributed by atoms with Crippen LogP contribution in [0.3, 0.4) is 0 Å². The lowest BCUT2D eigenvalue weighted by molar-refractivity contribution is 0.0256. The van der Waals surface area contributed by atoms with Crippen molar-refractivity contribution in [2.75, 3.05) is 26.7 Å². The van der Waals surface area contributed by atoms with Gasteiger partial charge in [-0.15, -0.1) is 0 Å². The first-order valence-electron chi connectivity index (χ1n) is 7.83. The molecule has 1 fully saturated rings. The van der Waals surface area contributed by atoms with Crippen molar-refractivity contribution in [2.45, 2.75) is 44.6 Å². The van der Waals surface area contributed by atoms with E-state index >= 15 is 0 Å². The first kappa shape index (κ1) is 16.2. The number of halogens is 1. The molecule has 0 radical (unpaired) electrons. The zero-order valence-corrected chi connectivity index (χ0v) is 13.1. The molecule has 0 bridgehead atoms. The number of benzene rings is 1. The summed E-state index contributed by atoms with van der Waals surface area (Å²) in [6.07, 6.45) is 4.17. The largest absolute Gasteiger partial charge is 0.494 e. The fourth-order valence-electron chi connectivity index (χ4n) is 3.15. The Hall–Kier alpha value is -1.13. The molecular formula is C17H26FNO2. The monoisotopic (exact) mass is 295 g/mol. The van der Waals surface area contributed by atoms with Crippen LogP contribution in [-0.4, -0.2) is 42.4 Å². The number of methoxy groups -OCH3 is 1. The summed E-state index contributed by atoms with van der Waals surface area (Å²) in [4.78, 5) is 2.41. The summed E-state index contributed by atoms with van der Waals surface area (Å²) >= 11 is 0. The van der Waals surface area contributed by atoms with Crippen molar-refractivity contribution in [3.05, 3.63) is 29.6 Å². The third-order valence-corrected chi connectivity index (χ3v) is 4.30. The van der Waals surface area contributed by atoms with Crippen LogP contribution in [0.15, 0.2) is 18.2 Å². The molecule has 2 rings (SSSR count). The van der Waals surface area contributed by atoms with E-state index < -0.39 is 5.60 Å². The fourth-order valence-corrected chi connectivity index (χ4v) is 3.15. The SMILES string of the molecule is CCCN1CCCC(O)(Cc2ccc(OC)c(F)c2)CC1. The van der Waals surface area contributed by atoms with Gasteiger partial charge in [-0.1, -0.05) is 13.0 Å². The summed E-state index contributed by atoms with van der Waals surface area (Å²) in [6, 6.07) is 4.95. The fraction of sp³-hybridized carbons (Fsp3) is 0.647. The maximum absolute atomic E-state index is 13.8. The van der Waals surface area contributed by atoms with Crippen LogP contribution in [0.5, 0.6) is 5.75 Å². The lowest BCUT2D eigenvalue weighted by Gasteiger charge is -2.27. The Labute approximate surface area is 126 Å². The Kier molecular flexibility index (Phi) is 5.59. The Morgan fingerprint density at radius 2 is 2.14 bits per heavy atom. The van der Waals surface area contributed by atoms with Crippen LogP contribution in [0.2, 0.25) is 0 Å². The number of rotatable bonds is 5. The molecule has 118 valence electrons. The van der Waals surface area contributed by atoms with Crippen molar-refractivity contribution in [1.29, 1.82) is 0 Å². The average Bonchev–Trinajstić information content (AvgIpc) is 2.62. The van der Waals surface area contributed by atoms with E-state index in [0.717, 1.165) is 50.9 Å². The van der Waals surface area contributed by atoms with Crippen molar-refractivity contribution in [2.24, 2.45) is 0 Å². The average molecular weight is 295 g/mol. The van der Waals surface area contributed by atoms with E-state index in [4.69, 9.17) is 4.74 Å². The Morgan fingerprint density at radius 1 is 1.33 bits per heavy atom. The molecule has 21 heavy (non-hydrogen) atoms. The van der Waals surface area contributed by atoms with Crippen molar-refractivity contribution in [1.82, 2.24) is 4.90 Å². The number of likely N-dealkylation sites (tertiary alicyclic amines) is 1. The van der Waals surface area contributed by atoms with Gasteiger partial charge in [-0.25, -0.2) is 4.39 Å². The first-order valence-corrected chi connectivity index (χ1v) is 7.83. The molecule has 1 saturated heterocycles. The number of aliphatic hydroxyl groups is 1. The third-order valence-electron chi connectivity index (χ3n) is 4.30. The molecule has 1 atom stereocenters. The summed E-state index contributed by atoms with van der Waals surface area (Å²) < 4.78 is 18.7. The molecule has 1 aromatic carbocycles. The number of ether oxygens (including phenoxy) is 1. The van der Waals surface area contributed by atoms with Crippen molar-refractivity contribution in [3.63, 3.8) is 0 Å². The Balaban J connectivity index is 2.02. The molecule has 0 saturated carbocycles. The van der Waals surface area contributed by atoms with E-state index in [1.54, 1.807) is 6.07 Å². The Morgan fingerprint density at radius 3 is 2.81 bits per heavy atom. The molecule has 0 amide bonds. The van der Waals surface area contributed by atoms with Gasteiger partial charge in [0.05, 0.1) is 12.7 Å². The number of hydrogen-bond acceptors (Lipinski definition) is 3. The summed E-state index contributed by atoms with van der Waals surface area (Å²) in [5.74, 6) is -0.111. The molecule has 0 aromatic heterocycles. The van der Waals surface area contributed by atoms with Crippen LogP contribution in [0.4, 0.5) is 4.39 Å². The Bertz CT molecular complexity index is 466. The van der Waals surface area contributed by atoms with Crippen molar-refractivity contribution in [3.8, 4) is 5.75 Å². The highest BCUT2D eigenvalue weighted by molar-refractivity contribution is 5.30. The van der Waals surface area contributed by atoms with E-state index in [-0.39, 0.29) is 11.6 Å².